The van der Waals surface area contributed by atoms with Crippen LogP contribution in [0.15, 0.2) is 18.2 Å². The second kappa shape index (κ2) is 9.07. The van der Waals surface area contributed by atoms with Crippen LogP contribution in [0.25, 0.3) is 0 Å². The Morgan fingerprint density at radius 1 is 0.778 bits per heavy atom. The highest BCUT2D eigenvalue weighted by Gasteiger charge is 2.07. The summed E-state index contributed by atoms with van der Waals surface area (Å²) in [5, 5.41) is 0. The molecule has 0 unspecified atom stereocenters. The Kier molecular flexibility index (Phi) is 7.63. The van der Waals surface area contributed by atoms with Gasteiger partial charge in [0.2, 0.25) is 0 Å². The van der Waals surface area contributed by atoms with E-state index in [1.54, 1.807) is 0 Å². The minimum absolute atomic E-state index is 0.253. The number of hydrogen-bond donors (Lipinski definition) is 0. The van der Waals surface area contributed by atoms with Crippen LogP contribution in [-0.2, 0) is 6.42 Å². The van der Waals surface area contributed by atoms with Crippen LogP contribution in [-0.4, -0.2) is 0 Å². The lowest BCUT2D eigenvalue weighted by atomic mass is 10.0. The normalized spacial score (nSPS) is 10.8. The molecule has 0 aliphatic rings. The van der Waals surface area contributed by atoms with E-state index in [1.807, 2.05) is 0 Å². The third-order valence-electron chi connectivity index (χ3n) is 3.34. The molecular weight excluding hydrogens is 230 g/mol. The molecule has 1 aromatic carbocycles. The Hall–Kier alpha value is -0.920. The van der Waals surface area contributed by atoms with Gasteiger partial charge in [-0.3, -0.25) is 0 Å². The molecule has 0 fully saturated rings. The first-order valence-electron chi connectivity index (χ1n) is 7.18. The maximum atomic E-state index is 13.3. The third-order valence-corrected chi connectivity index (χ3v) is 3.34. The van der Waals surface area contributed by atoms with Gasteiger partial charge in [-0.1, -0.05) is 57.9 Å². The minimum atomic E-state index is -0.405. The van der Waals surface area contributed by atoms with Crippen molar-refractivity contribution in [2.24, 2.45) is 0 Å². The number of benzene rings is 1. The standard InChI is InChI=1S/C16H24F2/c1-2-3-4-5-6-7-8-9-11-14-15(17)12-10-13-16(14)18/h10,12-13H,2-9,11H2,1H3. The summed E-state index contributed by atoms with van der Waals surface area (Å²) in [5.41, 5.74) is 0.253. The molecule has 0 bridgehead atoms. The molecule has 0 heterocycles. The highest BCUT2D eigenvalue weighted by molar-refractivity contribution is 5.19. The molecule has 0 spiro atoms. The van der Waals surface area contributed by atoms with E-state index in [-0.39, 0.29) is 5.56 Å². The van der Waals surface area contributed by atoms with Crippen LogP contribution in [0.4, 0.5) is 8.78 Å². The summed E-state index contributed by atoms with van der Waals surface area (Å²) in [6.45, 7) is 2.21. The molecule has 18 heavy (non-hydrogen) atoms. The van der Waals surface area contributed by atoms with Crippen molar-refractivity contribution in [1.29, 1.82) is 0 Å². The van der Waals surface area contributed by atoms with Gasteiger partial charge in [0.15, 0.2) is 0 Å². The van der Waals surface area contributed by atoms with Gasteiger partial charge in [-0.2, -0.15) is 0 Å². The van der Waals surface area contributed by atoms with Crippen LogP contribution < -0.4 is 0 Å². The molecule has 0 atom stereocenters. The van der Waals surface area contributed by atoms with Gasteiger partial charge in [-0.05, 0) is 25.0 Å². The molecule has 0 aliphatic carbocycles. The fraction of sp³-hybridized carbons (Fsp3) is 0.625. The van der Waals surface area contributed by atoms with Gasteiger partial charge in [0, 0.05) is 5.56 Å². The second-order valence-corrected chi connectivity index (χ2v) is 4.93. The van der Waals surface area contributed by atoms with Crippen molar-refractivity contribution in [3.8, 4) is 0 Å². The zero-order chi connectivity index (χ0) is 13.2. The Bertz CT molecular complexity index is 314. The summed E-state index contributed by atoms with van der Waals surface area (Å²) in [5.74, 6) is -0.809. The minimum Gasteiger partial charge on any atom is -0.207 e. The first-order chi connectivity index (χ1) is 8.75. The quantitative estimate of drug-likeness (QED) is 0.500. The van der Waals surface area contributed by atoms with Gasteiger partial charge in [-0.25, -0.2) is 8.78 Å². The number of unbranched alkanes of at least 4 members (excludes halogenated alkanes) is 7. The largest absolute Gasteiger partial charge is 0.207 e. The SMILES string of the molecule is CCCCCCCCCCc1c(F)cccc1F. The lowest BCUT2D eigenvalue weighted by Gasteiger charge is -2.05. The molecule has 0 amide bonds. The van der Waals surface area contributed by atoms with Gasteiger partial charge < -0.3 is 0 Å². The average Bonchev–Trinajstić information content (AvgIpc) is 2.35. The first-order valence-corrected chi connectivity index (χ1v) is 7.18. The monoisotopic (exact) mass is 254 g/mol. The summed E-state index contributed by atoms with van der Waals surface area (Å²) < 4.78 is 26.7. The molecule has 0 radical (unpaired) electrons. The summed E-state index contributed by atoms with van der Waals surface area (Å²) >= 11 is 0. The molecule has 0 nitrogen and oxygen atoms in total. The number of rotatable bonds is 9. The van der Waals surface area contributed by atoms with E-state index in [9.17, 15) is 8.78 Å². The zero-order valence-corrected chi connectivity index (χ0v) is 11.4. The first kappa shape index (κ1) is 15.1. The van der Waals surface area contributed by atoms with Crippen molar-refractivity contribution in [1.82, 2.24) is 0 Å². The van der Waals surface area contributed by atoms with Crippen molar-refractivity contribution in [2.75, 3.05) is 0 Å². The van der Waals surface area contributed by atoms with E-state index in [0.717, 1.165) is 12.8 Å². The van der Waals surface area contributed by atoms with Crippen LogP contribution in [0.3, 0.4) is 0 Å². The van der Waals surface area contributed by atoms with E-state index < -0.39 is 11.6 Å². The molecule has 1 rings (SSSR count). The van der Waals surface area contributed by atoms with Crippen molar-refractivity contribution < 1.29 is 8.78 Å². The van der Waals surface area contributed by atoms with Gasteiger partial charge >= 0.3 is 0 Å². The third kappa shape index (κ3) is 5.61. The van der Waals surface area contributed by atoms with Crippen molar-refractivity contribution >= 4 is 0 Å². The highest BCUT2D eigenvalue weighted by Crippen LogP contribution is 2.16. The lowest BCUT2D eigenvalue weighted by molar-refractivity contribution is 0.535. The predicted molar refractivity (Wildman–Crippen MR) is 72.7 cm³/mol. The predicted octanol–water partition coefficient (Wildman–Crippen LogP) is 5.65. The van der Waals surface area contributed by atoms with Crippen LogP contribution in [0.5, 0.6) is 0 Å². The van der Waals surface area contributed by atoms with Crippen molar-refractivity contribution in [3.63, 3.8) is 0 Å². The molecule has 2 heteroatoms. The van der Waals surface area contributed by atoms with Gasteiger partial charge in [0.1, 0.15) is 11.6 Å². The average molecular weight is 254 g/mol. The number of hydrogen-bond acceptors (Lipinski definition) is 0. The van der Waals surface area contributed by atoms with Crippen LogP contribution in [0, 0.1) is 11.6 Å². The molecule has 102 valence electrons. The Labute approximate surface area is 109 Å². The summed E-state index contributed by atoms with van der Waals surface area (Å²) in [7, 11) is 0. The molecule has 0 saturated heterocycles. The zero-order valence-electron chi connectivity index (χ0n) is 11.4. The van der Waals surface area contributed by atoms with E-state index >= 15 is 0 Å². The van der Waals surface area contributed by atoms with Crippen molar-refractivity contribution in [2.45, 2.75) is 64.7 Å². The van der Waals surface area contributed by atoms with E-state index in [4.69, 9.17) is 0 Å². The second-order valence-electron chi connectivity index (χ2n) is 4.93. The van der Waals surface area contributed by atoms with E-state index in [0.29, 0.717) is 6.42 Å². The fourth-order valence-electron chi connectivity index (χ4n) is 2.21. The fourth-order valence-corrected chi connectivity index (χ4v) is 2.21. The maximum Gasteiger partial charge on any atom is 0.129 e. The van der Waals surface area contributed by atoms with E-state index in [1.165, 1.54) is 56.7 Å². The highest BCUT2D eigenvalue weighted by atomic mass is 19.1. The van der Waals surface area contributed by atoms with Crippen LogP contribution >= 0.6 is 0 Å². The van der Waals surface area contributed by atoms with Gasteiger partial charge in [0.25, 0.3) is 0 Å². The Balaban J connectivity index is 2.11. The molecule has 0 N–H and O–H groups in total. The summed E-state index contributed by atoms with van der Waals surface area (Å²) in [6.07, 6.45) is 10.1. The van der Waals surface area contributed by atoms with Crippen molar-refractivity contribution in [3.05, 3.63) is 35.4 Å². The molecule has 0 aliphatic heterocycles. The topological polar surface area (TPSA) is 0 Å². The Morgan fingerprint density at radius 2 is 1.28 bits per heavy atom. The van der Waals surface area contributed by atoms with Crippen LogP contribution in [0.2, 0.25) is 0 Å². The molecular formula is C16H24F2. The molecule has 0 aromatic heterocycles. The smallest absolute Gasteiger partial charge is 0.129 e. The molecule has 1 aromatic rings. The van der Waals surface area contributed by atoms with Gasteiger partial charge in [0.05, 0.1) is 0 Å². The lowest BCUT2D eigenvalue weighted by Crippen LogP contribution is -1.95. The summed E-state index contributed by atoms with van der Waals surface area (Å²) in [4.78, 5) is 0. The number of halogens is 2. The molecule has 0 saturated carbocycles. The Morgan fingerprint density at radius 3 is 1.83 bits per heavy atom. The van der Waals surface area contributed by atoms with E-state index in [2.05, 4.69) is 6.92 Å². The maximum absolute atomic E-state index is 13.3. The summed E-state index contributed by atoms with van der Waals surface area (Å²) in [6, 6.07) is 4.09. The van der Waals surface area contributed by atoms with Gasteiger partial charge in [-0.15, -0.1) is 0 Å². The van der Waals surface area contributed by atoms with Crippen LogP contribution in [0.1, 0.15) is 63.9 Å².